The lowest BCUT2D eigenvalue weighted by molar-refractivity contribution is -0.127. The van der Waals surface area contributed by atoms with Gasteiger partial charge in [0.05, 0.1) is 28.8 Å². The highest BCUT2D eigenvalue weighted by Gasteiger charge is 2.36. The minimum Gasteiger partial charge on any atom is -0.361 e. The average Bonchev–Trinajstić information content (AvgIpc) is 3.49. The van der Waals surface area contributed by atoms with Crippen molar-refractivity contribution in [2.24, 2.45) is 0 Å². The van der Waals surface area contributed by atoms with Crippen LogP contribution in [0, 0.1) is 13.8 Å². The van der Waals surface area contributed by atoms with Gasteiger partial charge < -0.3 is 14.0 Å². The van der Waals surface area contributed by atoms with Crippen molar-refractivity contribution in [1.29, 1.82) is 0 Å². The molecule has 0 spiro atoms. The Kier molecular flexibility index (Phi) is 4.86. The molecule has 2 aliphatic rings. The molecule has 2 aromatic heterocycles. The predicted molar refractivity (Wildman–Crippen MR) is 118 cm³/mol. The highest BCUT2D eigenvalue weighted by molar-refractivity contribution is 7.96. The van der Waals surface area contributed by atoms with E-state index in [0.29, 0.717) is 12.5 Å². The maximum atomic E-state index is 12.2. The standard InChI is InChI=1S/C22H27N5O2S/c1-13-21(14(2)29-24-13)15-5-6-18-17(11-15)23-22(19-7-8-20(28)25(19)3)27(18)16-9-10-26(12-16)30-4/h5-6,11,16,19H,7-10,12H2,1-4H3/t16?,19-/m0/s1. The first kappa shape index (κ1) is 19.6. The molecular weight excluding hydrogens is 398 g/mol. The van der Waals surface area contributed by atoms with Crippen molar-refractivity contribution in [1.82, 2.24) is 23.9 Å². The molecule has 2 saturated heterocycles. The Morgan fingerprint density at radius 3 is 2.70 bits per heavy atom. The number of benzene rings is 1. The maximum absolute atomic E-state index is 12.2. The van der Waals surface area contributed by atoms with E-state index in [1.54, 1.807) is 11.9 Å². The fraction of sp³-hybridized carbons (Fsp3) is 0.500. The maximum Gasteiger partial charge on any atom is 0.223 e. The van der Waals surface area contributed by atoms with E-state index in [0.717, 1.165) is 65.4 Å². The summed E-state index contributed by atoms with van der Waals surface area (Å²) >= 11 is 1.80. The number of rotatable bonds is 4. The zero-order chi connectivity index (χ0) is 21.0. The zero-order valence-corrected chi connectivity index (χ0v) is 18.7. The van der Waals surface area contributed by atoms with Crippen molar-refractivity contribution in [3.05, 3.63) is 35.5 Å². The van der Waals surface area contributed by atoms with E-state index in [-0.39, 0.29) is 11.9 Å². The largest absolute Gasteiger partial charge is 0.361 e. The SMILES string of the molecule is CSN1CCC(n2c([C@@H]3CCC(=O)N3C)nc3cc(-c4c(C)noc4C)ccc32)C1. The summed E-state index contributed by atoms with van der Waals surface area (Å²) in [6, 6.07) is 6.86. The van der Waals surface area contributed by atoms with Crippen molar-refractivity contribution >= 4 is 28.9 Å². The predicted octanol–water partition coefficient (Wildman–Crippen LogP) is 4.13. The van der Waals surface area contributed by atoms with E-state index in [4.69, 9.17) is 9.51 Å². The first-order chi connectivity index (χ1) is 14.5. The smallest absolute Gasteiger partial charge is 0.223 e. The number of aromatic nitrogens is 3. The lowest BCUT2D eigenvalue weighted by Crippen LogP contribution is -2.26. The molecule has 4 heterocycles. The number of hydrogen-bond acceptors (Lipinski definition) is 6. The molecule has 0 bridgehead atoms. The third kappa shape index (κ3) is 3.04. The monoisotopic (exact) mass is 425 g/mol. The highest BCUT2D eigenvalue weighted by Crippen LogP contribution is 2.39. The van der Waals surface area contributed by atoms with Crippen LogP contribution < -0.4 is 0 Å². The molecule has 158 valence electrons. The molecule has 8 heteroatoms. The summed E-state index contributed by atoms with van der Waals surface area (Å²) in [5.41, 5.74) is 5.11. The van der Waals surface area contributed by atoms with Gasteiger partial charge >= 0.3 is 0 Å². The van der Waals surface area contributed by atoms with Gasteiger partial charge in [0, 0.05) is 32.1 Å². The number of imidazole rings is 1. The molecule has 2 fully saturated rings. The van der Waals surface area contributed by atoms with Crippen LogP contribution in [0.2, 0.25) is 0 Å². The van der Waals surface area contributed by atoms with Crippen molar-refractivity contribution in [2.45, 2.75) is 45.2 Å². The zero-order valence-electron chi connectivity index (χ0n) is 17.9. The van der Waals surface area contributed by atoms with Crippen molar-refractivity contribution < 1.29 is 9.32 Å². The van der Waals surface area contributed by atoms with Crippen LogP contribution >= 0.6 is 11.9 Å². The molecule has 7 nitrogen and oxygen atoms in total. The first-order valence-electron chi connectivity index (χ1n) is 10.5. The Morgan fingerprint density at radius 1 is 1.23 bits per heavy atom. The van der Waals surface area contributed by atoms with Crippen molar-refractivity contribution in [2.75, 3.05) is 26.4 Å². The van der Waals surface area contributed by atoms with Gasteiger partial charge in [0.2, 0.25) is 5.91 Å². The van der Waals surface area contributed by atoms with Gasteiger partial charge in [0.25, 0.3) is 0 Å². The van der Waals surface area contributed by atoms with E-state index in [2.05, 4.69) is 38.5 Å². The number of hydrogen-bond donors (Lipinski definition) is 0. The topological polar surface area (TPSA) is 67.4 Å². The molecule has 0 aliphatic carbocycles. The van der Waals surface area contributed by atoms with E-state index in [9.17, 15) is 4.79 Å². The lowest BCUT2D eigenvalue weighted by atomic mass is 10.0. The van der Waals surface area contributed by atoms with Gasteiger partial charge in [-0.1, -0.05) is 23.2 Å². The minimum atomic E-state index is 0.0377. The summed E-state index contributed by atoms with van der Waals surface area (Å²) in [5, 5.41) is 4.10. The summed E-state index contributed by atoms with van der Waals surface area (Å²) in [6.07, 6.45) is 4.65. The van der Waals surface area contributed by atoms with Crippen LogP contribution in [0.5, 0.6) is 0 Å². The summed E-state index contributed by atoms with van der Waals surface area (Å²) in [4.78, 5) is 19.2. The summed E-state index contributed by atoms with van der Waals surface area (Å²) in [6.45, 7) is 5.98. The number of fused-ring (bicyclic) bond motifs is 1. The number of aryl methyl sites for hydroxylation is 2. The van der Waals surface area contributed by atoms with E-state index < -0.39 is 0 Å². The average molecular weight is 426 g/mol. The fourth-order valence-corrected chi connectivity index (χ4v) is 5.59. The number of likely N-dealkylation sites (tertiary alicyclic amines) is 1. The van der Waals surface area contributed by atoms with Gasteiger partial charge in [-0.3, -0.25) is 4.79 Å². The van der Waals surface area contributed by atoms with Gasteiger partial charge in [-0.05, 0) is 50.6 Å². The second-order valence-electron chi connectivity index (χ2n) is 8.31. The Labute approximate surface area is 180 Å². The molecule has 2 atom stereocenters. The second kappa shape index (κ2) is 7.42. The van der Waals surface area contributed by atoms with Gasteiger partial charge in [-0.15, -0.1) is 0 Å². The highest BCUT2D eigenvalue weighted by atomic mass is 32.2. The third-order valence-electron chi connectivity index (χ3n) is 6.58. The molecule has 3 aromatic rings. The molecule has 30 heavy (non-hydrogen) atoms. The lowest BCUT2D eigenvalue weighted by Gasteiger charge is -2.24. The van der Waals surface area contributed by atoms with E-state index in [1.807, 2.05) is 25.8 Å². The third-order valence-corrected chi connectivity index (χ3v) is 7.43. The Balaban J connectivity index is 1.65. The molecule has 2 aliphatic heterocycles. The quantitative estimate of drug-likeness (QED) is 0.586. The Hall–Kier alpha value is -2.32. The van der Waals surface area contributed by atoms with Crippen LogP contribution in [0.1, 0.15) is 48.6 Å². The second-order valence-corrected chi connectivity index (χ2v) is 9.20. The van der Waals surface area contributed by atoms with Crippen LogP contribution in [-0.4, -0.2) is 56.2 Å². The molecule has 1 unspecified atom stereocenters. The summed E-state index contributed by atoms with van der Waals surface area (Å²) in [7, 11) is 1.90. The van der Waals surface area contributed by atoms with Gasteiger partial charge in [0.15, 0.2) is 0 Å². The number of nitrogens with zero attached hydrogens (tertiary/aromatic N) is 5. The number of amides is 1. The normalized spacial score (nSPS) is 22.7. The molecule has 1 amide bonds. The Bertz CT molecular complexity index is 1100. The first-order valence-corrected chi connectivity index (χ1v) is 11.7. The van der Waals surface area contributed by atoms with Crippen LogP contribution in [0.15, 0.2) is 22.7 Å². The van der Waals surface area contributed by atoms with Gasteiger partial charge in [-0.2, -0.15) is 0 Å². The van der Waals surface area contributed by atoms with Gasteiger partial charge in [0.1, 0.15) is 11.6 Å². The van der Waals surface area contributed by atoms with Crippen LogP contribution in [0.3, 0.4) is 0 Å². The molecule has 0 saturated carbocycles. The Morgan fingerprint density at radius 2 is 2.07 bits per heavy atom. The van der Waals surface area contributed by atoms with Crippen LogP contribution in [0.4, 0.5) is 0 Å². The number of carbonyl (C=O) groups excluding carboxylic acids is 1. The minimum absolute atomic E-state index is 0.0377. The molecule has 1 aromatic carbocycles. The van der Waals surface area contributed by atoms with Gasteiger partial charge in [-0.25, -0.2) is 9.29 Å². The molecule has 0 radical (unpaired) electrons. The summed E-state index contributed by atoms with van der Waals surface area (Å²) < 4.78 is 10.2. The van der Waals surface area contributed by atoms with Crippen LogP contribution in [0.25, 0.3) is 22.2 Å². The molecule has 5 rings (SSSR count). The van der Waals surface area contributed by atoms with E-state index in [1.165, 1.54) is 0 Å². The molecular formula is C22H27N5O2S. The van der Waals surface area contributed by atoms with E-state index >= 15 is 0 Å². The summed E-state index contributed by atoms with van der Waals surface area (Å²) in [5.74, 6) is 2.04. The van der Waals surface area contributed by atoms with Crippen molar-refractivity contribution in [3.63, 3.8) is 0 Å². The fourth-order valence-electron chi connectivity index (χ4n) is 4.98. The van der Waals surface area contributed by atoms with Crippen LogP contribution in [-0.2, 0) is 4.79 Å². The van der Waals surface area contributed by atoms with Crippen molar-refractivity contribution in [3.8, 4) is 11.1 Å². The molecule has 0 N–H and O–H groups in total. The number of carbonyl (C=O) groups is 1.